The van der Waals surface area contributed by atoms with E-state index in [1.165, 1.54) is 5.56 Å². The molecule has 0 fully saturated rings. The first-order valence-corrected chi connectivity index (χ1v) is 5.29. The van der Waals surface area contributed by atoms with E-state index in [4.69, 9.17) is 0 Å². The summed E-state index contributed by atoms with van der Waals surface area (Å²) in [4.78, 5) is 12.2. The molecule has 0 aromatic carbocycles. The predicted octanol–water partition coefficient (Wildman–Crippen LogP) is 1.20. The molecule has 0 aliphatic heterocycles. The van der Waals surface area contributed by atoms with Crippen LogP contribution in [0.25, 0.3) is 0 Å². The van der Waals surface area contributed by atoms with Gasteiger partial charge in [0.05, 0.1) is 5.69 Å². The lowest BCUT2D eigenvalue weighted by atomic mass is 10.2. The van der Waals surface area contributed by atoms with Gasteiger partial charge in [0.25, 0.3) is 0 Å². The minimum atomic E-state index is 0.763. The van der Waals surface area contributed by atoms with E-state index in [-0.39, 0.29) is 0 Å². The monoisotopic (exact) mass is 214 g/mol. The highest BCUT2D eigenvalue weighted by atomic mass is 14.9. The minimum absolute atomic E-state index is 0.763. The Balaban J connectivity index is 1.70. The van der Waals surface area contributed by atoms with Crippen LogP contribution in [-0.4, -0.2) is 21.5 Å². The number of aromatic nitrogens is 3. The number of hydrogen-bond acceptors (Lipinski definition) is 4. The number of hydrogen-bond donors (Lipinski definition) is 1. The first-order chi connectivity index (χ1) is 7.95. The summed E-state index contributed by atoms with van der Waals surface area (Å²) in [6.45, 7) is 1.69. The lowest BCUT2D eigenvalue weighted by Crippen LogP contribution is -2.17. The second-order valence-electron chi connectivity index (χ2n) is 3.48. The van der Waals surface area contributed by atoms with Crippen molar-refractivity contribution in [1.82, 2.24) is 20.3 Å². The van der Waals surface area contributed by atoms with Crippen molar-refractivity contribution in [2.75, 3.05) is 6.54 Å². The molecule has 0 saturated carbocycles. The molecule has 2 heterocycles. The van der Waals surface area contributed by atoms with Gasteiger partial charge in [0.2, 0.25) is 0 Å². The van der Waals surface area contributed by atoms with Crippen molar-refractivity contribution in [3.05, 3.63) is 54.4 Å². The Morgan fingerprint density at radius 3 is 2.62 bits per heavy atom. The third-order valence-corrected chi connectivity index (χ3v) is 2.26. The minimum Gasteiger partial charge on any atom is -0.311 e. The third-order valence-electron chi connectivity index (χ3n) is 2.26. The van der Waals surface area contributed by atoms with E-state index in [2.05, 4.69) is 20.3 Å². The molecule has 1 N–H and O–H groups in total. The average Bonchev–Trinajstić information content (AvgIpc) is 2.37. The van der Waals surface area contributed by atoms with Crippen molar-refractivity contribution in [2.24, 2.45) is 0 Å². The molecule has 16 heavy (non-hydrogen) atoms. The Labute approximate surface area is 94.8 Å². The normalized spacial score (nSPS) is 10.2. The summed E-state index contributed by atoms with van der Waals surface area (Å²) in [7, 11) is 0. The van der Waals surface area contributed by atoms with Gasteiger partial charge < -0.3 is 5.32 Å². The van der Waals surface area contributed by atoms with E-state index in [1.807, 2.05) is 24.5 Å². The molecule has 4 nitrogen and oxygen atoms in total. The Hall–Kier alpha value is -1.81. The van der Waals surface area contributed by atoms with Crippen molar-refractivity contribution in [2.45, 2.75) is 13.0 Å². The van der Waals surface area contributed by atoms with Crippen molar-refractivity contribution >= 4 is 0 Å². The molecule has 0 atom stereocenters. The van der Waals surface area contributed by atoms with Crippen LogP contribution in [0, 0.1) is 0 Å². The molecule has 82 valence electrons. The van der Waals surface area contributed by atoms with Crippen molar-refractivity contribution in [3.8, 4) is 0 Å². The lowest BCUT2D eigenvalue weighted by Gasteiger charge is -2.03. The Morgan fingerprint density at radius 2 is 1.88 bits per heavy atom. The molecule has 2 aromatic heterocycles. The second kappa shape index (κ2) is 5.92. The van der Waals surface area contributed by atoms with Gasteiger partial charge in [-0.05, 0) is 30.7 Å². The fourth-order valence-electron chi connectivity index (χ4n) is 1.42. The highest BCUT2D eigenvalue weighted by Crippen LogP contribution is 1.96. The summed E-state index contributed by atoms with van der Waals surface area (Å²) in [6.07, 6.45) is 9.80. The standard InChI is InChI=1S/C12H14N4/c1-4-13-5-2-11(1)3-6-14-9-12-10-15-7-8-16-12/h1-2,4-5,7-8,10,14H,3,6,9H2. The van der Waals surface area contributed by atoms with E-state index in [1.54, 1.807) is 18.6 Å². The lowest BCUT2D eigenvalue weighted by molar-refractivity contribution is 0.672. The maximum absolute atomic E-state index is 4.19. The van der Waals surface area contributed by atoms with Gasteiger partial charge in [-0.2, -0.15) is 0 Å². The molecule has 2 rings (SSSR count). The van der Waals surface area contributed by atoms with Crippen molar-refractivity contribution in [1.29, 1.82) is 0 Å². The SMILES string of the molecule is c1cc(CCNCc2cnccn2)ccn1. The average molecular weight is 214 g/mol. The molecular weight excluding hydrogens is 200 g/mol. The van der Waals surface area contributed by atoms with E-state index in [0.29, 0.717) is 0 Å². The zero-order chi connectivity index (χ0) is 11.1. The van der Waals surface area contributed by atoms with E-state index in [0.717, 1.165) is 25.2 Å². The summed E-state index contributed by atoms with van der Waals surface area (Å²) in [5, 5.41) is 3.33. The summed E-state index contributed by atoms with van der Waals surface area (Å²) in [6, 6.07) is 4.06. The fourth-order valence-corrected chi connectivity index (χ4v) is 1.42. The van der Waals surface area contributed by atoms with Gasteiger partial charge >= 0.3 is 0 Å². The largest absolute Gasteiger partial charge is 0.311 e. The van der Waals surface area contributed by atoms with Crippen molar-refractivity contribution in [3.63, 3.8) is 0 Å². The summed E-state index contributed by atoms with van der Waals surface area (Å²) in [5.74, 6) is 0. The van der Waals surface area contributed by atoms with Crippen LogP contribution in [-0.2, 0) is 13.0 Å². The highest BCUT2D eigenvalue weighted by molar-refractivity contribution is 5.09. The molecular formula is C12H14N4. The Bertz CT molecular complexity index is 360. The summed E-state index contributed by atoms with van der Waals surface area (Å²) < 4.78 is 0. The van der Waals surface area contributed by atoms with Crippen LogP contribution in [0.5, 0.6) is 0 Å². The van der Waals surface area contributed by atoms with E-state index >= 15 is 0 Å². The third kappa shape index (κ3) is 3.40. The molecule has 0 bridgehead atoms. The second-order valence-corrected chi connectivity index (χ2v) is 3.48. The van der Waals surface area contributed by atoms with Crippen LogP contribution in [0.2, 0.25) is 0 Å². The van der Waals surface area contributed by atoms with Gasteiger partial charge in [-0.1, -0.05) is 0 Å². The summed E-state index contributed by atoms with van der Waals surface area (Å²) in [5.41, 5.74) is 2.26. The van der Waals surface area contributed by atoms with Crippen LogP contribution in [0.15, 0.2) is 43.1 Å². The van der Waals surface area contributed by atoms with Gasteiger partial charge in [-0.25, -0.2) is 0 Å². The smallest absolute Gasteiger partial charge is 0.0724 e. The van der Waals surface area contributed by atoms with Crippen LogP contribution < -0.4 is 5.32 Å². The number of rotatable bonds is 5. The number of nitrogens with one attached hydrogen (secondary N) is 1. The Kier molecular flexibility index (Phi) is 3.96. The molecule has 0 aliphatic carbocycles. The predicted molar refractivity (Wildman–Crippen MR) is 61.7 cm³/mol. The first-order valence-electron chi connectivity index (χ1n) is 5.29. The summed E-state index contributed by atoms with van der Waals surface area (Å²) >= 11 is 0. The van der Waals surface area contributed by atoms with Crippen LogP contribution in [0.1, 0.15) is 11.3 Å². The molecule has 0 amide bonds. The van der Waals surface area contributed by atoms with E-state index < -0.39 is 0 Å². The van der Waals surface area contributed by atoms with Gasteiger partial charge in [-0.15, -0.1) is 0 Å². The molecule has 0 spiro atoms. The van der Waals surface area contributed by atoms with Crippen LogP contribution in [0.4, 0.5) is 0 Å². The highest BCUT2D eigenvalue weighted by Gasteiger charge is 1.94. The molecule has 0 radical (unpaired) electrons. The molecule has 0 unspecified atom stereocenters. The molecule has 4 heteroatoms. The number of nitrogens with zero attached hydrogens (tertiary/aromatic N) is 3. The molecule has 0 saturated heterocycles. The molecule has 2 aromatic rings. The zero-order valence-corrected chi connectivity index (χ0v) is 9.00. The number of pyridine rings is 1. The van der Waals surface area contributed by atoms with Gasteiger partial charge in [0.1, 0.15) is 0 Å². The van der Waals surface area contributed by atoms with Crippen LogP contribution >= 0.6 is 0 Å². The Morgan fingerprint density at radius 1 is 1.00 bits per heavy atom. The topological polar surface area (TPSA) is 50.7 Å². The van der Waals surface area contributed by atoms with Gasteiger partial charge in [-0.3, -0.25) is 15.0 Å². The van der Waals surface area contributed by atoms with E-state index in [9.17, 15) is 0 Å². The zero-order valence-electron chi connectivity index (χ0n) is 9.00. The quantitative estimate of drug-likeness (QED) is 0.760. The molecule has 0 aliphatic rings. The van der Waals surface area contributed by atoms with Crippen LogP contribution in [0.3, 0.4) is 0 Å². The van der Waals surface area contributed by atoms with Gasteiger partial charge in [0.15, 0.2) is 0 Å². The van der Waals surface area contributed by atoms with Gasteiger partial charge in [0, 0.05) is 37.5 Å². The maximum Gasteiger partial charge on any atom is 0.0724 e. The maximum atomic E-state index is 4.19. The van der Waals surface area contributed by atoms with Crippen molar-refractivity contribution < 1.29 is 0 Å². The fraction of sp³-hybridized carbons (Fsp3) is 0.250. The first kappa shape index (κ1) is 10.7.